The molecule has 1 aliphatic rings. The highest BCUT2D eigenvalue weighted by atomic mass is 16.7. The summed E-state index contributed by atoms with van der Waals surface area (Å²) in [4.78, 5) is 0. The molecule has 0 spiro atoms. The Kier molecular flexibility index (Phi) is 4.60. The van der Waals surface area contributed by atoms with E-state index in [2.05, 4.69) is 5.10 Å². The van der Waals surface area contributed by atoms with Gasteiger partial charge in [0.2, 0.25) is 0 Å². The molecule has 1 saturated carbocycles. The fourth-order valence-electron chi connectivity index (χ4n) is 2.61. The van der Waals surface area contributed by atoms with Crippen LogP contribution in [0.5, 0.6) is 0 Å². The zero-order valence-electron chi connectivity index (χ0n) is 12.1. The van der Waals surface area contributed by atoms with E-state index in [4.69, 9.17) is 9.47 Å². The van der Waals surface area contributed by atoms with Crippen LogP contribution in [0.2, 0.25) is 0 Å². The van der Waals surface area contributed by atoms with E-state index >= 15 is 0 Å². The minimum absolute atomic E-state index is 0.140. The Bertz CT molecular complexity index is 425. The number of aliphatic hydroxyl groups excluding tert-OH is 1. The van der Waals surface area contributed by atoms with Crippen molar-refractivity contribution in [1.82, 2.24) is 9.78 Å². The maximum absolute atomic E-state index is 9.25. The number of aryl methyl sites for hydroxylation is 1. The molecule has 1 aliphatic carbocycles. The van der Waals surface area contributed by atoms with Crippen molar-refractivity contribution in [1.29, 1.82) is 0 Å². The van der Waals surface area contributed by atoms with Gasteiger partial charge in [-0.1, -0.05) is 0 Å². The van der Waals surface area contributed by atoms with Gasteiger partial charge in [-0.05, 0) is 39.5 Å². The molecule has 108 valence electrons. The molecule has 5 heteroatoms. The molecular weight excluding hydrogens is 244 g/mol. The maximum Gasteiger partial charge on any atom is 0.147 e. The van der Waals surface area contributed by atoms with E-state index in [1.165, 1.54) is 0 Å². The van der Waals surface area contributed by atoms with Crippen molar-refractivity contribution in [3.8, 4) is 0 Å². The third-order valence-electron chi connectivity index (χ3n) is 4.04. The monoisotopic (exact) mass is 268 g/mol. The van der Waals surface area contributed by atoms with Gasteiger partial charge in [-0.15, -0.1) is 0 Å². The lowest BCUT2D eigenvalue weighted by Gasteiger charge is -2.40. The molecule has 0 amide bonds. The zero-order valence-corrected chi connectivity index (χ0v) is 12.1. The number of nitrogens with zero attached hydrogens (tertiary/aromatic N) is 2. The van der Waals surface area contributed by atoms with Gasteiger partial charge in [0.15, 0.2) is 0 Å². The molecular formula is C14H24N2O3. The maximum atomic E-state index is 9.25. The number of aromatic nitrogens is 2. The first kappa shape index (κ1) is 14.5. The lowest BCUT2D eigenvalue weighted by Crippen LogP contribution is -2.39. The van der Waals surface area contributed by atoms with E-state index in [1.807, 2.05) is 25.6 Å². The van der Waals surface area contributed by atoms with E-state index in [-0.39, 0.29) is 12.2 Å². The number of ether oxygens (including phenoxy) is 2. The van der Waals surface area contributed by atoms with Crippen LogP contribution in [0.4, 0.5) is 0 Å². The van der Waals surface area contributed by atoms with Gasteiger partial charge >= 0.3 is 0 Å². The van der Waals surface area contributed by atoms with Crippen molar-refractivity contribution >= 4 is 0 Å². The molecule has 1 aromatic heterocycles. The third-order valence-corrected chi connectivity index (χ3v) is 4.04. The highest BCUT2D eigenvalue weighted by Crippen LogP contribution is 2.45. The summed E-state index contributed by atoms with van der Waals surface area (Å²) in [7, 11) is 1.94. The molecule has 1 aromatic rings. The molecule has 0 unspecified atom stereocenters. The minimum atomic E-state index is -0.300. The molecule has 0 atom stereocenters. The van der Waals surface area contributed by atoms with E-state index in [1.54, 1.807) is 0 Å². The Morgan fingerprint density at radius 1 is 1.42 bits per heavy atom. The average Bonchev–Trinajstić information content (AvgIpc) is 2.62. The van der Waals surface area contributed by atoms with E-state index in [0.717, 1.165) is 36.2 Å². The van der Waals surface area contributed by atoms with Crippen LogP contribution in [0.25, 0.3) is 0 Å². The van der Waals surface area contributed by atoms with Gasteiger partial charge in [0, 0.05) is 31.5 Å². The predicted molar refractivity (Wildman–Crippen MR) is 71.8 cm³/mol. The number of hydrogen-bond acceptors (Lipinski definition) is 4. The Morgan fingerprint density at radius 2 is 2.16 bits per heavy atom. The molecule has 1 heterocycles. The SMILES string of the molecule is CCOCOC1(c2nn(C)c(C)c2CCO)CCC1. The first-order valence-electron chi connectivity index (χ1n) is 7.00. The fraction of sp³-hybridized carbons (Fsp3) is 0.786. The van der Waals surface area contributed by atoms with Gasteiger partial charge in [0.25, 0.3) is 0 Å². The van der Waals surface area contributed by atoms with Gasteiger partial charge in [0.1, 0.15) is 12.4 Å². The van der Waals surface area contributed by atoms with Crippen LogP contribution in [0.1, 0.15) is 43.1 Å². The van der Waals surface area contributed by atoms with Crippen molar-refractivity contribution in [3.05, 3.63) is 17.0 Å². The van der Waals surface area contributed by atoms with Crippen molar-refractivity contribution in [2.24, 2.45) is 7.05 Å². The summed E-state index contributed by atoms with van der Waals surface area (Å²) in [5.41, 5.74) is 2.93. The fourth-order valence-corrected chi connectivity index (χ4v) is 2.61. The standard InChI is InChI=1S/C14H24N2O3/c1-4-18-10-19-14(7-5-8-14)13-12(6-9-17)11(2)16(3)15-13/h17H,4-10H2,1-3H3. The van der Waals surface area contributed by atoms with Crippen LogP contribution in [-0.2, 0) is 28.5 Å². The van der Waals surface area contributed by atoms with Crippen LogP contribution in [0, 0.1) is 6.92 Å². The van der Waals surface area contributed by atoms with Gasteiger partial charge in [-0.25, -0.2) is 0 Å². The summed E-state index contributed by atoms with van der Waals surface area (Å²) in [6.07, 6.45) is 3.75. The summed E-state index contributed by atoms with van der Waals surface area (Å²) < 4.78 is 13.2. The molecule has 0 aliphatic heterocycles. The first-order chi connectivity index (χ1) is 9.14. The second-order valence-corrected chi connectivity index (χ2v) is 5.11. The summed E-state index contributed by atoms with van der Waals surface area (Å²) in [5, 5.41) is 13.9. The Balaban J connectivity index is 2.24. The Hall–Kier alpha value is -0.910. The molecule has 5 nitrogen and oxygen atoms in total. The molecule has 0 aromatic carbocycles. The van der Waals surface area contributed by atoms with Crippen LogP contribution in [-0.4, -0.2) is 34.9 Å². The van der Waals surface area contributed by atoms with Crippen molar-refractivity contribution < 1.29 is 14.6 Å². The molecule has 1 fully saturated rings. The van der Waals surface area contributed by atoms with Crippen LogP contribution in [0.3, 0.4) is 0 Å². The smallest absolute Gasteiger partial charge is 0.147 e. The summed E-state index contributed by atoms with van der Waals surface area (Å²) in [6.45, 7) is 5.10. The van der Waals surface area contributed by atoms with Crippen molar-refractivity contribution in [3.63, 3.8) is 0 Å². The van der Waals surface area contributed by atoms with Crippen molar-refractivity contribution in [2.45, 2.75) is 45.1 Å². The molecule has 19 heavy (non-hydrogen) atoms. The van der Waals surface area contributed by atoms with Gasteiger partial charge in [0.05, 0.1) is 5.69 Å². The minimum Gasteiger partial charge on any atom is -0.396 e. The average molecular weight is 268 g/mol. The highest BCUT2D eigenvalue weighted by Gasteiger charge is 2.44. The Labute approximate surface area is 114 Å². The summed E-state index contributed by atoms with van der Waals surface area (Å²) in [6, 6.07) is 0. The second kappa shape index (κ2) is 6.03. The Morgan fingerprint density at radius 3 is 2.68 bits per heavy atom. The first-order valence-corrected chi connectivity index (χ1v) is 7.00. The topological polar surface area (TPSA) is 56.5 Å². The normalized spacial score (nSPS) is 17.5. The molecule has 0 bridgehead atoms. The second-order valence-electron chi connectivity index (χ2n) is 5.11. The van der Waals surface area contributed by atoms with E-state index < -0.39 is 0 Å². The van der Waals surface area contributed by atoms with Crippen molar-refractivity contribution in [2.75, 3.05) is 20.0 Å². The molecule has 2 rings (SSSR count). The lowest BCUT2D eigenvalue weighted by atomic mass is 9.75. The summed E-state index contributed by atoms with van der Waals surface area (Å²) in [5.74, 6) is 0. The predicted octanol–water partition coefficient (Wildman–Crippen LogP) is 1.65. The molecule has 0 radical (unpaired) electrons. The lowest BCUT2D eigenvalue weighted by molar-refractivity contribution is -0.180. The number of rotatable bonds is 7. The largest absolute Gasteiger partial charge is 0.396 e. The van der Waals surface area contributed by atoms with Crippen LogP contribution < -0.4 is 0 Å². The quantitative estimate of drug-likeness (QED) is 0.603. The zero-order chi connectivity index (χ0) is 13.9. The molecule has 0 saturated heterocycles. The van der Waals surface area contributed by atoms with E-state index in [0.29, 0.717) is 19.8 Å². The van der Waals surface area contributed by atoms with Gasteiger partial charge < -0.3 is 14.6 Å². The third kappa shape index (κ3) is 2.68. The van der Waals surface area contributed by atoms with Crippen LogP contribution >= 0.6 is 0 Å². The molecule has 1 N–H and O–H groups in total. The van der Waals surface area contributed by atoms with Gasteiger partial charge in [-0.3, -0.25) is 4.68 Å². The van der Waals surface area contributed by atoms with E-state index in [9.17, 15) is 5.11 Å². The number of hydrogen-bond donors (Lipinski definition) is 1. The summed E-state index contributed by atoms with van der Waals surface area (Å²) >= 11 is 0. The highest BCUT2D eigenvalue weighted by molar-refractivity contribution is 5.32. The number of aliphatic hydroxyl groups is 1. The van der Waals surface area contributed by atoms with Crippen LogP contribution in [0.15, 0.2) is 0 Å². The van der Waals surface area contributed by atoms with Gasteiger partial charge in [-0.2, -0.15) is 5.10 Å².